The van der Waals surface area contributed by atoms with Crippen molar-refractivity contribution in [2.24, 2.45) is 0 Å². The molecule has 2 nitrogen and oxygen atoms in total. The van der Waals surface area contributed by atoms with E-state index in [0.717, 1.165) is 0 Å². The second-order valence-corrected chi connectivity index (χ2v) is 4.00. The Morgan fingerprint density at radius 3 is 2.57 bits per heavy atom. The summed E-state index contributed by atoms with van der Waals surface area (Å²) in [6, 6.07) is 5.51. The number of phenols is 2. The molecule has 0 aliphatic heterocycles. The minimum atomic E-state index is -0.376. The maximum Gasteiger partial charge on any atom is 0.137 e. The number of halogens is 2. The van der Waals surface area contributed by atoms with Crippen LogP contribution < -0.4 is 0 Å². The molecule has 0 spiro atoms. The van der Waals surface area contributed by atoms with Gasteiger partial charge in [-0.25, -0.2) is 4.39 Å². The molecule has 0 saturated heterocycles. The average Bonchev–Trinajstić information content (AvgIpc) is 2.10. The highest BCUT2D eigenvalue weighted by atomic mass is 127. The zero-order valence-electron chi connectivity index (χ0n) is 6.96. The molecule has 0 atom stereocenters. The number of benzene rings is 2. The monoisotopic (exact) mass is 304 g/mol. The number of fused-ring (bicyclic) bond motifs is 1. The van der Waals surface area contributed by atoms with Gasteiger partial charge in [0, 0.05) is 11.5 Å². The Morgan fingerprint density at radius 1 is 1.14 bits per heavy atom. The van der Waals surface area contributed by atoms with Crippen LogP contribution in [-0.4, -0.2) is 10.2 Å². The smallest absolute Gasteiger partial charge is 0.137 e. The van der Waals surface area contributed by atoms with Crippen LogP contribution in [0.15, 0.2) is 24.3 Å². The van der Waals surface area contributed by atoms with Crippen LogP contribution in [-0.2, 0) is 0 Å². The van der Waals surface area contributed by atoms with Crippen LogP contribution in [0.3, 0.4) is 0 Å². The van der Waals surface area contributed by atoms with Crippen molar-refractivity contribution in [3.05, 3.63) is 33.7 Å². The van der Waals surface area contributed by atoms with E-state index in [-0.39, 0.29) is 17.3 Å². The van der Waals surface area contributed by atoms with Gasteiger partial charge in [0.2, 0.25) is 0 Å². The van der Waals surface area contributed by atoms with Gasteiger partial charge in [0.05, 0.1) is 3.57 Å². The molecule has 0 aliphatic rings. The fourth-order valence-corrected chi connectivity index (χ4v) is 2.13. The van der Waals surface area contributed by atoms with Gasteiger partial charge in [-0.1, -0.05) is 6.07 Å². The minimum Gasteiger partial charge on any atom is -0.508 e. The SMILES string of the molecule is Oc1cc(O)c2c(I)c(F)ccc2c1. The summed E-state index contributed by atoms with van der Waals surface area (Å²) < 4.78 is 13.5. The van der Waals surface area contributed by atoms with Gasteiger partial charge in [-0.2, -0.15) is 0 Å². The predicted octanol–water partition coefficient (Wildman–Crippen LogP) is 2.99. The van der Waals surface area contributed by atoms with Crippen molar-refractivity contribution in [1.82, 2.24) is 0 Å². The molecule has 0 unspecified atom stereocenters. The molecule has 0 fully saturated rings. The fraction of sp³-hybridized carbons (Fsp3) is 0. The van der Waals surface area contributed by atoms with Crippen molar-refractivity contribution in [3.8, 4) is 11.5 Å². The quantitative estimate of drug-likeness (QED) is 0.735. The number of hydrogen-bond donors (Lipinski definition) is 2. The Bertz CT molecular complexity index is 511. The summed E-state index contributed by atoms with van der Waals surface area (Å²) in [7, 11) is 0. The summed E-state index contributed by atoms with van der Waals surface area (Å²) in [5, 5.41) is 19.8. The summed E-state index contributed by atoms with van der Waals surface area (Å²) in [4.78, 5) is 0. The Hall–Kier alpha value is -1.04. The number of hydrogen-bond acceptors (Lipinski definition) is 2. The second-order valence-electron chi connectivity index (χ2n) is 2.92. The molecule has 0 amide bonds. The van der Waals surface area contributed by atoms with Crippen LogP contribution in [0.5, 0.6) is 11.5 Å². The Labute approximate surface area is 93.1 Å². The van der Waals surface area contributed by atoms with Crippen LogP contribution >= 0.6 is 22.6 Å². The third-order valence-corrected chi connectivity index (χ3v) is 3.03. The molecule has 4 heteroatoms. The third-order valence-electron chi connectivity index (χ3n) is 1.97. The second kappa shape index (κ2) is 3.27. The molecule has 2 aromatic carbocycles. The number of aromatic hydroxyl groups is 2. The van der Waals surface area contributed by atoms with E-state index in [9.17, 15) is 14.6 Å². The first-order chi connectivity index (χ1) is 6.59. The van der Waals surface area contributed by atoms with Gasteiger partial charge < -0.3 is 10.2 Å². The first-order valence-electron chi connectivity index (χ1n) is 3.89. The maximum absolute atomic E-state index is 13.1. The fourth-order valence-electron chi connectivity index (χ4n) is 1.36. The first-order valence-corrected chi connectivity index (χ1v) is 4.97. The molecule has 72 valence electrons. The van der Waals surface area contributed by atoms with Crippen molar-refractivity contribution >= 4 is 33.4 Å². The van der Waals surface area contributed by atoms with Crippen molar-refractivity contribution in [1.29, 1.82) is 0 Å². The van der Waals surface area contributed by atoms with Crippen LogP contribution in [0.1, 0.15) is 0 Å². The van der Waals surface area contributed by atoms with Crippen LogP contribution in [0, 0.1) is 9.39 Å². The van der Waals surface area contributed by atoms with E-state index >= 15 is 0 Å². The zero-order chi connectivity index (χ0) is 10.3. The van der Waals surface area contributed by atoms with E-state index < -0.39 is 0 Å². The van der Waals surface area contributed by atoms with Gasteiger partial charge in [-0.3, -0.25) is 0 Å². The number of rotatable bonds is 0. The molecular formula is C10H6FIO2. The number of phenolic OH excluding ortho intramolecular Hbond substituents is 2. The summed E-state index contributed by atoms with van der Waals surface area (Å²) in [5.74, 6) is -0.514. The molecular weight excluding hydrogens is 298 g/mol. The van der Waals surface area contributed by atoms with Crippen molar-refractivity contribution in [3.63, 3.8) is 0 Å². The molecule has 0 aliphatic carbocycles. The highest BCUT2D eigenvalue weighted by molar-refractivity contribution is 14.1. The first kappa shape index (κ1) is 9.51. The summed E-state index contributed by atoms with van der Waals surface area (Å²) >= 11 is 1.82. The van der Waals surface area contributed by atoms with Gasteiger partial charge in [0.25, 0.3) is 0 Å². The topological polar surface area (TPSA) is 40.5 Å². The van der Waals surface area contributed by atoms with Gasteiger partial charge in [0.15, 0.2) is 0 Å². The molecule has 2 rings (SSSR count). The highest BCUT2D eigenvalue weighted by Gasteiger charge is 2.09. The zero-order valence-corrected chi connectivity index (χ0v) is 9.12. The third kappa shape index (κ3) is 1.39. The lowest BCUT2D eigenvalue weighted by Crippen LogP contribution is -1.84. The van der Waals surface area contributed by atoms with Crippen LogP contribution in [0.4, 0.5) is 4.39 Å². The van der Waals surface area contributed by atoms with Gasteiger partial charge >= 0.3 is 0 Å². The van der Waals surface area contributed by atoms with Crippen molar-refractivity contribution in [2.45, 2.75) is 0 Å². The summed E-state index contributed by atoms with van der Waals surface area (Å²) in [5.41, 5.74) is 0. The standard InChI is InChI=1S/C10H6FIO2/c11-7-2-1-5-3-6(13)4-8(14)9(5)10(7)12/h1-4,13-14H. The van der Waals surface area contributed by atoms with Gasteiger partial charge in [-0.15, -0.1) is 0 Å². The van der Waals surface area contributed by atoms with Crippen molar-refractivity contribution < 1.29 is 14.6 Å². The molecule has 0 radical (unpaired) electrons. The normalized spacial score (nSPS) is 10.7. The molecule has 14 heavy (non-hydrogen) atoms. The lowest BCUT2D eigenvalue weighted by molar-refractivity contribution is 0.454. The Balaban J connectivity index is 2.95. The Kier molecular flexibility index (Phi) is 2.22. The molecule has 0 heterocycles. The molecule has 0 saturated carbocycles. The largest absolute Gasteiger partial charge is 0.508 e. The van der Waals surface area contributed by atoms with E-state index in [0.29, 0.717) is 14.3 Å². The molecule has 2 aromatic rings. The molecule has 0 bridgehead atoms. The molecule has 2 N–H and O–H groups in total. The minimum absolute atomic E-state index is 0.0302. The maximum atomic E-state index is 13.1. The van der Waals surface area contributed by atoms with Crippen LogP contribution in [0.2, 0.25) is 0 Å². The van der Waals surface area contributed by atoms with Gasteiger partial charge in [0.1, 0.15) is 17.3 Å². The van der Waals surface area contributed by atoms with Gasteiger partial charge in [-0.05, 0) is 40.1 Å². The summed E-state index contributed by atoms with van der Waals surface area (Å²) in [6.07, 6.45) is 0. The van der Waals surface area contributed by atoms with E-state index in [4.69, 9.17) is 0 Å². The highest BCUT2D eigenvalue weighted by Crippen LogP contribution is 2.34. The Morgan fingerprint density at radius 2 is 1.86 bits per heavy atom. The van der Waals surface area contributed by atoms with E-state index in [2.05, 4.69) is 0 Å². The average molecular weight is 304 g/mol. The summed E-state index contributed by atoms with van der Waals surface area (Å²) in [6.45, 7) is 0. The van der Waals surface area contributed by atoms with E-state index in [1.165, 1.54) is 24.3 Å². The van der Waals surface area contributed by atoms with E-state index in [1.807, 2.05) is 22.6 Å². The van der Waals surface area contributed by atoms with E-state index in [1.54, 1.807) is 0 Å². The predicted molar refractivity (Wildman–Crippen MR) is 60.0 cm³/mol. The van der Waals surface area contributed by atoms with Crippen LogP contribution in [0.25, 0.3) is 10.8 Å². The van der Waals surface area contributed by atoms with Crippen molar-refractivity contribution in [2.75, 3.05) is 0 Å². The lowest BCUT2D eigenvalue weighted by atomic mass is 10.1. The lowest BCUT2D eigenvalue weighted by Gasteiger charge is -2.05. The molecule has 0 aromatic heterocycles.